The molecule has 0 spiro atoms. The van der Waals surface area contributed by atoms with Gasteiger partial charge >= 0.3 is 0 Å². The molecular formula is C13H15F2N3. The zero-order valence-corrected chi connectivity index (χ0v) is 10.3. The minimum Gasteiger partial charge on any atom is -0.383 e. The largest absolute Gasteiger partial charge is 0.383 e. The number of rotatable bonds is 3. The summed E-state index contributed by atoms with van der Waals surface area (Å²) in [5.74, 6) is 0.497. The van der Waals surface area contributed by atoms with Crippen molar-refractivity contribution < 1.29 is 8.78 Å². The number of aromatic nitrogens is 2. The Kier molecular flexibility index (Phi) is 3.32. The average molecular weight is 251 g/mol. The summed E-state index contributed by atoms with van der Waals surface area (Å²) in [7, 11) is 0. The van der Waals surface area contributed by atoms with Crippen LogP contribution in [-0.2, 0) is 0 Å². The van der Waals surface area contributed by atoms with Gasteiger partial charge in [0.05, 0.1) is 6.33 Å². The van der Waals surface area contributed by atoms with Gasteiger partial charge in [-0.1, -0.05) is 18.2 Å². The topological polar surface area (TPSA) is 43.8 Å². The molecule has 0 aliphatic carbocycles. The smallest absolute Gasteiger partial charge is 0.263 e. The molecule has 0 unspecified atom stereocenters. The fourth-order valence-electron chi connectivity index (χ4n) is 1.83. The van der Waals surface area contributed by atoms with Crippen molar-refractivity contribution in [3.63, 3.8) is 0 Å². The highest BCUT2D eigenvalue weighted by Gasteiger charge is 2.14. The van der Waals surface area contributed by atoms with Crippen molar-refractivity contribution in [1.82, 2.24) is 9.55 Å². The number of benzene rings is 1. The first kappa shape index (κ1) is 12.5. The average Bonchev–Trinajstić information content (AvgIpc) is 2.71. The summed E-state index contributed by atoms with van der Waals surface area (Å²) in [6.45, 7) is 3.97. The van der Waals surface area contributed by atoms with Gasteiger partial charge in [-0.15, -0.1) is 0 Å². The molecule has 1 aromatic carbocycles. The minimum absolute atomic E-state index is 0.0222. The van der Waals surface area contributed by atoms with Crippen molar-refractivity contribution >= 4 is 5.82 Å². The summed E-state index contributed by atoms with van der Waals surface area (Å²) in [5.41, 5.74) is 7.12. The first-order valence-electron chi connectivity index (χ1n) is 5.71. The summed E-state index contributed by atoms with van der Waals surface area (Å²) < 4.78 is 27.1. The van der Waals surface area contributed by atoms with Crippen LogP contribution < -0.4 is 5.73 Å². The lowest BCUT2D eigenvalue weighted by Gasteiger charge is -2.09. The highest BCUT2D eigenvalue weighted by atomic mass is 19.3. The van der Waals surface area contributed by atoms with Gasteiger partial charge in [0.25, 0.3) is 6.43 Å². The van der Waals surface area contributed by atoms with Crippen molar-refractivity contribution in [3.05, 3.63) is 36.2 Å². The summed E-state index contributed by atoms with van der Waals surface area (Å²) in [5, 5.41) is 0. The molecule has 0 bridgehead atoms. The molecule has 1 aromatic heterocycles. The van der Waals surface area contributed by atoms with E-state index in [0.29, 0.717) is 17.1 Å². The molecular weight excluding hydrogens is 236 g/mol. The van der Waals surface area contributed by atoms with E-state index in [2.05, 4.69) is 4.98 Å². The zero-order chi connectivity index (χ0) is 13.3. The maximum Gasteiger partial charge on any atom is 0.263 e. The van der Waals surface area contributed by atoms with Crippen molar-refractivity contribution in [1.29, 1.82) is 0 Å². The first-order chi connectivity index (χ1) is 8.50. The molecule has 3 nitrogen and oxygen atoms in total. The third kappa shape index (κ3) is 2.20. The van der Waals surface area contributed by atoms with E-state index >= 15 is 0 Å². The Balaban J connectivity index is 2.46. The molecule has 0 saturated heterocycles. The summed E-state index contributed by atoms with van der Waals surface area (Å²) >= 11 is 0. The normalized spacial score (nSPS) is 11.4. The predicted octanol–water partition coefficient (Wildman–Crippen LogP) is 3.65. The predicted molar refractivity (Wildman–Crippen MR) is 67.4 cm³/mol. The monoisotopic (exact) mass is 251 g/mol. The van der Waals surface area contributed by atoms with E-state index in [1.807, 2.05) is 18.4 Å². The van der Waals surface area contributed by atoms with Crippen LogP contribution >= 0.6 is 0 Å². The first-order valence-corrected chi connectivity index (χ1v) is 5.71. The van der Waals surface area contributed by atoms with E-state index in [1.165, 1.54) is 12.1 Å². The van der Waals surface area contributed by atoms with Gasteiger partial charge in [-0.05, 0) is 19.9 Å². The van der Waals surface area contributed by atoms with E-state index in [4.69, 9.17) is 5.73 Å². The van der Waals surface area contributed by atoms with Crippen LogP contribution in [0.3, 0.4) is 0 Å². The van der Waals surface area contributed by atoms with E-state index in [1.54, 1.807) is 18.5 Å². The molecule has 2 rings (SSSR count). The molecule has 0 atom stereocenters. The minimum atomic E-state index is -2.49. The third-order valence-corrected chi connectivity index (χ3v) is 2.80. The molecule has 0 radical (unpaired) electrons. The van der Waals surface area contributed by atoms with Crippen LogP contribution in [0.25, 0.3) is 11.3 Å². The maximum atomic E-state index is 12.6. The highest BCUT2D eigenvalue weighted by Crippen LogP contribution is 2.29. The fourth-order valence-corrected chi connectivity index (χ4v) is 1.83. The van der Waals surface area contributed by atoms with Gasteiger partial charge in [0.15, 0.2) is 0 Å². The number of nitrogens with zero attached hydrogens (tertiary/aromatic N) is 2. The van der Waals surface area contributed by atoms with Crippen molar-refractivity contribution in [2.45, 2.75) is 26.3 Å². The Labute approximate surface area is 104 Å². The van der Waals surface area contributed by atoms with Crippen molar-refractivity contribution in [2.24, 2.45) is 0 Å². The molecule has 0 aliphatic heterocycles. The van der Waals surface area contributed by atoms with Crippen molar-refractivity contribution in [2.75, 3.05) is 5.73 Å². The summed E-state index contributed by atoms with van der Waals surface area (Å²) in [6, 6.07) is 6.32. The van der Waals surface area contributed by atoms with Gasteiger partial charge in [-0.3, -0.25) is 0 Å². The lowest BCUT2D eigenvalue weighted by Crippen LogP contribution is -2.04. The number of hydrogen-bond donors (Lipinski definition) is 1. The molecule has 0 amide bonds. The maximum absolute atomic E-state index is 12.6. The van der Waals surface area contributed by atoms with Gasteiger partial charge in [0, 0.05) is 17.2 Å². The lowest BCUT2D eigenvalue weighted by molar-refractivity contribution is 0.151. The number of nitrogens with two attached hydrogens (primary N) is 1. The Morgan fingerprint density at radius 2 is 2.00 bits per heavy atom. The molecule has 0 fully saturated rings. The van der Waals surface area contributed by atoms with Crippen molar-refractivity contribution in [3.8, 4) is 11.3 Å². The lowest BCUT2D eigenvalue weighted by atomic mass is 10.1. The third-order valence-electron chi connectivity index (χ3n) is 2.80. The van der Waals surface area contributed by atoms with E-state index < -0.39 is 6.43 Å². The Morgan fingerprint density at radius 3 is 2.56 bits per heavy atom. The van der Waals surface area contributed by atoms with Crippen LogP contribution in [0, 0.1) is 0 Å². The van der Waals surface area contributed by atoms with Gasteiger partial charge in [-0.25, -0.2) is 13.8 Å². The molecule has 18 heavy (non-hydrogen) atoms. The molecule has 5 heteroatoms. The zero-order valence-electron chi connectivity index (χ0n) is 10.3. The molecule has 2 N–H and O–H groups in total. The molecule has 0 saturated carbocycles. The van der Waals surface area contributed by atoms with Crippen LogP contribution in [0.15, 0.2) is 30.6 Å². The Morgan fingerprint density at radius 1 is 1.28 bits per heavy atom. The number of imidazole rings is 1. The second-order valence-corrected chi connectivity index (χ2v) is 4.41. The van der Waals surface area contributed by atoms with Gasteiger partial charge < -0.3 is 10.3 Å². The summed E-state index contributed by atoms with van der Waals surface area (Å²) in [4.78, 5) is 4.20. The molecule has 96 valence electrons. The molecule has 0 aliphatic rings. The van der Waals surface area contributed by atoms with Crippen LogP contribution in [0.1, 0.15) is 31.9 Å². The quantitative estimate of drug-likeness (QED) is 0.904. The Hall–Kier alpha value is -1.91. The Bertz CT molecular complexity index is 547. The number of alkyl halides is 2. The van der Waals surface area contributed by atoms with Gasteiger partial charge in [0.2, 0.25) is 0 Å². The standard InChI is InChI=1S/C13H15F2N3/c1-8(2)18-7-17-11(13(18)16)9-4-3-5-10(6-9)12(14)15/h3-8,12H,16H2,1-2H3. The van der Waals surface area contributed by atoms with E-state index in [9.17, 15) is 8.78 Å². The fraction of sp³-hybridized carbons (Fsp3) is 0.308. The van der Waals surface area contributed by atoms with Gasteiger partial charge in [0.1, 0.15) is 11.5 Å². The highest BCUT2D eigenvalue weighted by molar-refractivity contribution is 5.71. The van der Waals surface area contributed by atoms with E-state index in [0.717, 1.165) is 0 Å². The second kappa shape index (κ2) is 4.76. The van der Waals surface area contributed by atoms with Gasteiger partial charge in [-0.2, -0.15) is 0 Å². The number of anilines is 1. The summed E-state index contributed by atoms with van der Waals surface area (Å²) in [6.07, 6.45) is -0.858. The van der Waals surface area contributed by atoms with Crippen LogP contribution in [0.2, 0.25) is 0 Å². The van der Waals surface area contributed by atoms with E-state index in [-0.39, 0.29) is 11.6 Å². The SMILES string of the molecule is CC(C)n1cnc(-c2cccc(C(F)F)c2)c1N. The molecule has 1 heterocycles. The second-order valence-electron chi connectivity index (χ2n) is 4.41. The van der Waals surface area contributed by atoms with Crippen LogP contribution in [0.5, 0.6) is 0 Å². The number of nitrogen functional groups attached to an aromatic ring is 1. The van der Waals surface area contributed by atoms with Crippen LogP contribution in [-0.4, -0.2) is 9.55 Å². The number of hydrogen-bond acceptors (Lipinski definition) is 2. The van der Waals surface area contributed by atoms with Crippen LogP contribution in [0.4, 0.5) is 14.6 Å². The molecule has 2 aromatic rings. The number of halogens is 2.